The van der Waals surface area contributed by atoms with Gasteiger partial charge in [0.25, 0.3) is 11.5 Å². The standard InChI is InChI=1S/C18H20N2O5/c1-24-15-7-3-2-6-14(15)9-10-19-16(21)13-25-18(23)12-20-11-5-4-8-17(20)22/h2-8,11H,9-10,12-13H2,1H3,(H,19,21). The molecule has 0 aliphatic carbocycles. The van der Waals surface area contributed by atoms with Crippen LogP contribution < -0.4 is 15.6 Å². The number of para-hydroxylation sites is 1. The van der Waals surface area contributed by atoms with Crippen LogP contribution >= 0.6 is 0 Å². The summed E-state index contributed by atoms with van der Waals surface area (Å²) in [6.45, 7) is -0.213. The van der Waals surface area contributed by atoms with Gasteiger partial charge in [0.1, 0.15) is 12.3 Å². The van der Waals surface area contributed by atoms with Crippen LogP contribution in [0.1, 0.15) is 5.56 Å². The molecule has 0 bridgehead atoms. The molecule has 0 atom stereocenters. The molecule has 1 aromatic heterocycles. The summed E-state index contributed by atoms with van der Waals surface area (Å²) in [4.78, 5) is 34.9. The zero-order valence-electron chi connectivity index (χ0n) is 13.9. The number of benzene rings is 1. The maximum atomic E-state index is 11.7. The topological polar surface area (TPSA) is 86.6 Å². The van der Waals surface area contributed by atoms with Crippen molar-refractivity contribution in [3.63, 3.8) is 0 Å². The Morgan fingerprint density at radius 1 is 1.12 bits per heavy atom. The Kier molecular flexibility index (Phi) is 6.76. The third-order valence-corrected chi connectivity index (χ3v) is 3.47. The van der Waals surface area contributed by atoms with E-state index in [0.717, 1.165) is 11.3 Å². The summed E-state index contributed by atoms with van der Waals surface area (Å²) in [7, 11) is 1.59. The highest BCUT2D eigenvalue weighted by atomic mass is 16.5. The Bertz CT molecular complexity index is 785. The predicted molar refractivity (Wildman–Crippen MR) is 91.4 cm³/mol. The smallest absolute Gasteiger partial charge is 0.326 e. The first kappa shape index (κ1) is 18.3. The van der Waals surface area contributed by atoms with E-state index in [9.17, 15) is 14.4 Å². The number of carbonyl (C=O) groups excluding carboxylic acids is 2. The molecule has 7 nitrogen and oxygen atoms in total. The minimum absolute atomic E-state index is 0.228. The first-order valence-electron chi connectivity index (χ1n) is 7.80. The minimum Gasteiger partial charge on any atom is -0.496 e. The molecule has 0 saturated carbocycles. The van der Waals surface area contributed by atoms with Crippen LogP contribution in [0.15, 0.2) is 53.5 Å². The molecule has 0 radical (unpaired) electrons. The number of ether oxygens (including phenoxy) is 2. The number of carbonyl (C=O) groups is 2. The fourth-order valence-corrected chi connectivity index (χ4v) is 2.22. The van der Waals surface area contributed by atoms with Crippen LogP contribution in [0.3, 0.4) is 0 Å². The van der Waals surface area contributed by atoms with E-state index in [1.165, 1.54) is 16.8 Å². The van der Waals surface area contributed by atoms with Crippen molar-refractivity contribution in [2.24, 2.45) is 0 Å². The Balaban J connectivity index is 1.71. The molecule has 1 N–H and O–H groups in total. The molecule has 0 aliphatic rings. The van der Waals surface area contributed by atoms with Crippen LogP contribution in [-0.2, 0) is 27.3 Å². The maximum absolute atomic E-state index is 11.7. The number of aromatic nitrogens is 1. The number of methoxy groups -OCH3 is 1. The summed E-state index contributed by atoms with van der Waals surface area (Å²) in [5.74, 6) is -0.284. The second-order valence-electron chi connectivity index (χ2n) is 5.24. The van der Waals surface area contributed by atoms with Crippen molar-refractivity contribution >= 4 is 11.9 Å². The van der Waals surface area contributed by atoms with E-state index < -0.39 is 11.9 Å². The SMILES string of the molecule is COc1ccccc1CCNC(=O)COC(=O)Cn1ccccc1=O. The zero-order chi connectivity index (χ0) is 18.1. The molecule has 132 valence electrons. The largest absolute Gasteiger partial charge is 0.496 e. The third-order valence-electron chi connectivity index (χ3n) is 3.47. The van der Waals surface area contributed by atoms with E-state index in [0.29, 0.717) is 13.0 Å². The molecule has 0 unspecified atom stereocenters. The molecule has 0 spiro atoms. The zero-order valence-corrected chi connectivity index (χ0v) is 13.9. The van der Waals surface area contributed by atoms with Crippen molar-refractivity contribution < 1.29 is 19.1 Å². The van der Waals surface area contributed by atoms with Crippen LogP contribution in [0.5, 0.6) is 5.75 Å². The van der Waals surface area contributed by atoms with E-state index in [1.807, 2.05) is 24.3 Å². The molecule has 25 heavy (non-hydrogen) atoms. The predicted octanol–water partition coefficient (Wildman–Crippen LogP) is 0.759. The van der Waals surface area contributed by atoms with Gasteiger partial charge in [0, 0.05) is 18.8 Å². The average Bonchev–Trinajstić information content (AvgIpc) is 2.62. The Morgan fingerprint density at radius 3 is 2.64 bits per heavy atom. The Morgan fingerprint density at radius 2 is 1.88 bits per heavy atom. The number of rotatable bonds is 8. The van der Waals surface area contributed by atoms with E-state index in [1.54, 1.807) is 19.2 Å². The molecule has 0 saturated heterocycles. The van der Waals surface area contributed by atoms with Gasteiger partial charge in [0.2, 0.25) is 0 Å². The van der Waals surface area contributed by atoms with Crippen molar-refractivity contribution in [2.75, 3.05) is 20.3 Å². The number of nitrogens with zero attached hydrogens (tertiary/aromatic N) is 1. The highest BCUT2D eigenvalue weighted by Gasteiger charge is 2.09. The Labute approximate surface area is 145 Å². The molecule has 0 aliphatic heterocycles. The fraction of sp³-hybridized carbons (Fsp3) is 0.278. The molecule has 1 aromatic carbocycles. The lowest BCUT2D eigenvalue weighted by Gasteiger charge is -2.09. The van der Waals surface area contributed by atoms with Gasteiger partial charge in [0.05, 0.1) is 7.11 Å². The van der Waals surface area contributed by atoms with E-state index in [2.05, 4.69) is 5.32 Å². The van der Waals surface area contributed by atoms with Crippen molar-refractivity contribution in [2.45, 2.75) is 13.0 Å². The number of amides is 1. The van der Waals surface area contributed by atoms with Crippen LogP contribution in [-0.4, -0.2) is 36.7 Å². The van der Waals surface area contributed by atoms with Crippen LogP contribution in [0.25, 0.3) is 0 Å². The molecular formula is C18H20N2O5. The number of hydrogen-bond donors (Lipinski definition) is 1. The summed E-state index contributed by atoms with van der Waals surface area (Å²) >= 11 is 0. The van der Waals surface area contributed by atoms with Crippen molar-refractivity contribution in [3.8, 4) is 5.75 Å². The second-order valence-corrected chi connectivity index (χ2v) is 5.24. The van der Waals surface area contributed by atoms with Crippen LogP contribution in [0.2, 0.25) is 0 Å². The lowest BCUT2D eigenvalue weighted by Crippen LogP contribution is -2.32. The van der Waals surface area contributed by atoms with Gasteiger partial charge in [-0.3, -0.25) is 14.4 Å². The third kappa shape index (κ3) is 5.80. The van der Waals surface area contributed by atoms with Gasteiger partial charge in [-0.1, -0.05) is 24.3 Å². The number of pyridine rings is 1. The van der Waals surface area contributed by atoms with Gasteiger partial charge >= 0.3 is 5.97 Å². The normalized spacial score (nSPS) is 10.1. The van der Waals surface area contributed by atoms with E-state index in [-0.39, 0.29) is 18.7 Å². The van der Waals surface area contributed by atoms with Gasteiger partial charge in [-0.15, -0.1) is 0 Å². The maximum Gasteiger partial charge on any atom is 0.326 e. The van der Waals surface area contributed by atoms with Gasteiger partial charge in [-0.05, 0) is 24.1 Å². The lowest BCUT2D eigenvalue weighted by molar-refractivity contribution is -0.149. The second kappa shape index (κ2) is 9.27. The monoisotopic (exact) mass is 344 g/mol. The quantitative estimate of drug-likeness (QED) is 0.715. The average molecular weight is 344 g/mol. The fourth-order valence-electron chi connectivity index (χ4n) is 2.22. The Hall–Kier alpha value is -3.09. The molecule has 1 amide bonds. The van der Waals surface area contributed by atoms with Gasteiger partial charge in [0.15, 0.2) is 6.61 Å². The lowest BCUT2D eigenvalue weighted by atomic mass is 10.1. The van der Waals surface area contributed by atoms with Crippen molar-refractivity contribution in [3.05, 3.63) is 64.6 Å². The first-order valence-corrected chi connectivity index (χ1v) is 7.80. The number of nitrogens with one attached hydrogen (secondary N) is 1. The summed E-state index contributed by atoms with van der Waals surface area (Å²) < 4.78 is 11.3. The molecule has 1 heterocycles. The molecule has 0 fully saturated rings. The van der Waals surface area contributed by atoms with Gasteiger partial charge < -0.3 is 19.4 Å². The summed E-state index contributed by atoms with van der Waals surface area (Å²) in [5, 5.41) is 2.67. The first-order chi connectivity index (χ1) is 12.1. The summed E-state index contributed by atoms with van der Waals surface area (Å²) in [6.07, 6.45) is 2.08. The number of hydrogen-bond acceptors (Lipinski definition) is 5. The molecular weight excluding hydrogens is 324 g/mol. The minimum atomic E-state index is -0.645. The van der Waals surface area contributed by atoms with Crippen molar-refractivity contribution in [1.29, 1.82) is 0 Å². The molecule has 2 rings (SSSR count). The van der Waals surface area contributed by atoms with Crippen LogP contribution in [0.4, 0.5) is 0 Å². The number of esters is 1. The van der Waals surface area contributed by atoms with E-state index >= 15 is 0 Å². The van der Waals surface area contributed by atoms with Gasteiger partial charge in [-0.2, -0.15) is 0 Å². The molecule has 2 aromatic rings. The van der Waals surface area contributed by atoms with Crippen molar-refractivity contribution in [1.82, 2.24) is 9.88 Å². The molecule has 7 heteroatoms. The highest BCUT2D eigenvalue weighted by molar-refractivity contribution is 5.80. The van der Waals surface area contributed by atoms with Crippen LogP contribution in [0, 0.1) is 0 Å². The summed E-state index contributed by atoms with van der Waals surface area (Å²) in [6, 6.07) is 12.1. The van der Waals surface area contributed by atoms with E-state index in [4.69, 9.17) is 9.47 Å². The highest BCUT2D eigenvalue weighted by Crippen LogP contribution is 2.17. The summed E-state index contributed by atoms with van der Waals surface area (Å²) in [5.41, 5.74) is 0.673. The van der Waals surface area contributed by atoms with Gasteiger partial charge in [-0.25, -0.2) is 0 Å².